The van der Waals surface area contributed by atoms with Gasteiger partial charge >= 0.3 is 0 Å². The normalized spacial score (nSPS) is 20.6. The van der Waals surface area contributed by atoms with Crippen molar-refractivity contribution >= 4 is 17.4 Å². The minimum Gasteiger partial charge on any atom is -0.368 e. The summed E-state index contributed by atoms with van der Waals surface area (Å²) in [6.45, 7) is 2.15. The molecule has 0 saturated carbocycles. The van der Waals surface area contributed by atoms with E-state index in [0.717, 1.165) is 11.1 Å². The number of rotatable bonds is 4. The van der Waals surface area contributed by atoms with Gasteiger partial charge in [-0.2, -0.15) is 0 Å². The summed E-state index contributed by atoms with van der Waals surface area (Å²) in [5, 5.41) is 5.79. The Labute approximate surface area is 118 Å². The third-order valence-electron chi connectivity index (χ3n) is 3.39. The summed E-state index contributed by atoms with van der Waals surface area (Å²) >= 11 is 0. The van der Waals surface area contributed by atoms with Crippen molar-refractivity contribution in [3.05, 3.63) is 42.0 Å². The van der Waals surface area contributed by atoms with Crippen molar-refractivity contribution in [3.8, 4) is 0 Å². The Kier molecular flexibility index (Phi) is 4.53. The summed E-state index contributed by atoms with van der Waals surface area (Å²) in [5.74, 6) is -0.576. The summed E-state index contributed by atoms with van der Waals surface area (Å²) in [5.41, 5.74) is 7.40. The zero-order valence-corrected chi connectivity index (χ0v) is 11.4. The van der Waals surface area contributed by atoms with Crippen LogP contribution in [0.3, 0.4) is 0 Å². The van der Waals surface area contributed by atoms with Gasteiger partial charge in [0.05, 0.1) is 12.1 Å². The van der Waals surface area contributed by atoms with Crippen LogP contribution >= 0.6 is 0 Å². The second-order valence-corrected chi connectivity index (χ2v) is 4.89. The number of benzene rings is 1. The highest BCUT2D eigenvalue weighted by Gasteiger charge is 2.25. The molecular formula is C15H19N3O2. The highest BCUT2D eigenvalue weighted by Crippen LogP contribution is 2.21. The van der Waals surface area contributed by atoms with Crippen molar-refractivity contribution in [1.82, 2.24) is 10.6 Å². The standard InChI is InChI=1S/C15H19N3O2/c1-10(14(16)19)18-13-9-12(7-8-17-15(13)20)11-5-3-2-4-6-11/h2-7,10,13,18H,8-9H2,1H3,(H2,16,19)(H,17,20)/t10-,13-/m0/s1. The minimum atomic E-state index is -0.541. The molecule has 2 amide bonds. The fraction of sp³-hybridized carbons (Fsp3) is 0.333. The lowest BCUT2D eigenvalue weighted by atomic mass is 9.98. The lowest BCUT2D eigenvalue weighted by Crippen LogP contribution is -2.50. The molecule has 1 heterocycles. The molecule has 1 aromatic carbocycles. The molecule has 1 aliphatic heterocycles. The number of amides is 2. The Hall–Kier alpha value is -2.14. The van der Waals surface area contributed by atoms with E-state index in [1.807, 2.05) is 36.4 Å². The van der Waals surface area contributed by atoms with Crippen LogP contribution in [-0.4, -0.2) is 30.4 Å². The van der Waals surface area contributed by atoms with E-state index in [1.54, 1.807) is 6.92 Å². The largest absolute Gasteiger partial charge is 0.368 e. The third kappa shape index (κ3) is 3.45. The summed E-state index contributed by atoms with van der Waals surface area (Å²) in [7, 11) is 0. The first-order chi connectivity index (χ1) is 9.58. The molecule has 0 unspecified atom stereocenters. The summed E-state index contributed by atoms with van der Waals surface area (Å²) in [6.07, 6.45) is 2.54. The maximum Gasteiger partial charge on any atom is 0.237 e. The molecule has 0 fully saturated rings. The van der Waals surface area contributed by atoms with Crippen LogP contribution in [-0.2, 0) is 9.59 Å². The predicted molar refractivity (Wildman–Crippen MR) is 77.6 cm³/mol. The first-order valence-corrected chi connectivity index (χ1v) is 6.65. The van der Waals surface area contributed by atoms with Gasteiger partial charge in [-0.25, -0.2) is 0 Å². The Morgan fingerprint density at radius 3 is 2.75 bits per heavy atom. The van der Waals surface area contributed by atoms with Crippen molar-refractivity contribution in [2.24, 2.45) is 5.73 Å². The first-order valence-electron chi connectivity index (χ1n) is 6.65. The number of carbonyl (C=O) groups is 2. The lowest BCUT2D eigenvalue weighted by Gasteiger charge is -2.20. The Bertz CT molecular complexity index is 525. The van der Waals surface area contributed by atoms with E-state index in [-0.39, 0.29) is 5.91 Å². The van der Waals surface area contributed by atoms with Gasteiger partial charge in [-0.15, -0.1) is 0 Å². The van der Waals surface area contributed by atoms with E-state index in [4.69, 9.17) is 5.73 Å². The molecule has 2 atom stereocenters. The molecule has 2 rings (SSSR count). The van der Waals surface area contributed by atoms with Gasteiger partial charge in [-0.3, -0.25) is 14.9 Å². The number of carbonyl (C=O) groups excluding carboxylic acids is 2. The molecule has 0 aromatic heterocycles. The van der Waals surface area contributed by atoms with Crippen LogP contribution in [0.5, 0.6) is 0 Å². The van der Waals surface area contributed by atoms with E-state index < -0.39 is 18.0 Å². The molecule has 20 heavy (non-hydrogen) atoms. The second-order valence-electron chi connectivity index (χ2n) is 4.89. The molecule has 0 aliphatic carbocycles. The Morgan fingerprint density at radius 1 is 1.40 bits per heavy atom. The topological polar surface area (TPSA) is 84.2 Å². The SMILES string of the molecule is C[C@H](N[C@H]1CC(c2ccccc2)=CCNC1=O)C(N)=O. The van der Waals surface area contributed by atoms with Crippen molar-refractivity contribution in [1.29, 1.82) is 0 Å². The molecule has 1 aromatic rings. The zero-order chi connectivity index (χ0) is 14.5. The number of nitrogens with two attached hydrogens (primary N) is 1. The summed E-state index contributed by atoms with van der Waals surface area (Å²) < 4.78 is 0. The van der Waals surface area contributed by atoms with E-state index in [2.05, 4.69) is 10.6 Å². The minimum absolute atomic E-state index is 0.111. The monoisotopic (exact) mass is 273 g/mol. The lowest BCUT2D eigenvalue weighted by molar-refractivity contribution is -0.124. The van der Waals surface area contributed by atoms with Crippen LogP contribution in [0.25, 0.3) is 5.57 Å². The number of nitrogens with one attached hydrogen (secondary N) is 2. The van der Waals surface area contributed by atoms with Gasteiger partial charge in [-0.1, -0.05) is 36.4 Å². The predicted octanol–water partition coefficient (Wildman–Crippen LogP) is 0.422. The van der Waals surface area contributed by atoms with Crippen LogP contribution in [0.15, 0.2) is 36.4 Å². The van der Waals surface area contributed by atoms with Gasteiger partial charge in [0.25, 0.3) is 0 Å². The molecule has 0 saturated heterocycles. The fourth-order valence-corrected chi connectivity index (χ4v) is 2.20. The molecule has 5 heteroatoms. The molecule has 0 bridgehead atoms. The highest BCUT2D eigenvalue weighted by atomic mass is 16.2. The van der Waals surface area contributed by atoms with Crippen LogP contribution in [0.1, 0.15) is 18.9 Å². The average molecular weight is 273 g/mol. The van der Waals surface area contributed by atoms with E-state index in [1.165, 1.54) is 0 Å². The second kappa shape index (κ2) is 6.34. The third-order valence-corrected chi connectivity index (χ3v) is 3.39. The van der Waals surface area contributed by atoms with Crippen molar-refractivity contribution < 1.29 is 9.59 Å². The molecule has 5 nitrogen and oxygen atoms in total. The maximum atomic E-state index is 12.0. The van der Waals surface area contributed by atoms with Gasteiger partial charge in [-0.05, 0) is 24.5 Å². The number of hydrogen-bond acceptors (Lipinski definition) is 3. The molecule has 4 N–H and O–H groups in total. The maximum absolute atomic E-state index is 12.0. The highest BCUT2D eigenvalue weighted by molar-refractivity contribution is 5.87. The molecular weight excluding hydrogens is 254 g/mol. The Morgan fingerprint density at radius 2 is 2.10 bits per heavy atom. The molecule has 0 spiro atoms. The van der Waals surface area contributed by atoms with Gasteiger partial charge in [0.15, 0.2) is 0 Å². The number of hydrogen-bond donors (Lipinski definition) is 3. The van der Waals surface area contributed by atoms with Crippen molar-refractivity contribution in [2.75, 3.05) is 6.54 Å². The zero-order valence-electron chi connectivity index (χ0n) is 11.4. The molecule has 106 valence electrons. The van der Waals surface area contributed by atoms with Crippen LogP contribution in [0.2, 0.25) is 0 Å². The van der Waals surface area contributed by atoms with Crippen LogP contribution in [0.4, 0.5) is 0 Å². The van der Waals surface area contributed by atoms with Crippen molar-refractivity contribution in [3.63, 3.8) is 0 Å². The van der Waals surface area contributed by atoms with Gasteiger partial charge in [0.2, 0.25) is 11.8 Å². The van der Waals surface area contributed by atoms with Gasteiger partial charge in [0.1, 0.15) is 0 Å². The molecule has 0 radical (unpaired) electrons. The van der Waals surface area contributed by atoms with Crippen LogP contribution < -0.4 is 16.4 Å². The smallest absolute Gasteiger partial charge is 0.237 e. The fourth-order valence-electron chi connectivity index (χ4n) is 2.20. The van der Waals surface area contributed by atoms with Crippen molar-refractivity contribution in [2.45, 2.75) is 25.4 Å². The van der Waals surface area contributed by atoms with E-state index >= 15 is 0 Å². The van der Waals surface area contributed by atoms with Gasteiger partial charge < -0.3 is 11.1 Å². The van der Waals surface area contributed by atoms with E-state index in [9.17, 15) is 9.59 Å². The number of primary amides is 1. The van der Waals surface area contributed by atoms with Gasteiger partial charge in [0, 0.05) is 6.54 Å². The summed E-state index contributed by atoms with van der Waals surface area (Å²) in [6, 6.07) is 8.91. The quantitative estimate of drug-likeness (QED) is 0.743. The first kappa shape index (κ1) is 14.3. The Balaban J connectivity index is 2.15. The van der Waals surface area contributed by atoms with E-state index in [0.29, 0.717) is 13.0 Å². The molecule has 1 aliphatic rings. The average Bonchev–Trinajstić information content (AvgIpc) is 2.62. The summed E-state index contributed by atoms with van der Waals surface area (Å²) in [4.78, 5) is 23.1. The van der Waals surface area contributed by atoms with Crippen LogP contribution in [0, 0.1) is 0 Å².